The van der Waals surface area contributed by atoms with Crippen molar-refractivity contribution in [3.8, 4) is 17.0 Å². The Morgan fingerprint density at radius 1 is 1.33 bits per heavy atom. The lowest BCUT2D eigenvalue weighted by molar-refractivity contribution is 0.415. The normalized spacial score (nSPS) is 10.9. The minimum atomic E-state index is 0.226. The average molecular weight is 246 g/mol. The summed E-state index contributed by atoms with van der Waals surface area (Å²) in [6.45, 7) is 6.11. The average Bonchev–Trinajstić information content (AvgIpc) is 2.75. The lowest BCUT2D eigenvalue weighted by atomic mass is 10.1. The van der Waals surface area contributed by atoms with E-state index >= 15 is 0 Å². The molecule has 0 saturated carbocycles. The number of nitrogen functional groups attached to an aromatic ring is 1. The highest BCUT2D eigenvalue weighted by atomic mass is 16.5. The number of pyridine rings is 1. The third-order valence-electron chi connectivity index (χ3n) is 2.78. The van der Waals surface area contributed by atoms with E-state index in [2.05, 4.69) is 23.9 Å². The van der Waals surface area contributed by atoms with E-state index in [9.17, 15) is 0 Å². The van der Waals surface area contributed by atoms with Crippen molar-refractivity contribution >= 4 is 5.82 Å². The lowest BCUT2D eigenvalue weighted by Crippen LogP contribution is -2.07. The first-order valence-electron chi connectivity index (χ1n) is 5.88. The second kappa shape index (κ2) is 4.68. The summed E-state index contributed by atoms with van der Waals surface area (Å²) >= 11 is 0. The van der Waals surface area contributed by atoms with Gasteiger partial charge >= 0.3 is 0 Å². The standard InChI is InChI=1S/C13H18N4O/c1-8(2)17-12(11(18-4)7-16-17)10-5-9(3)6-15-13(10)14/h5-8H,1-4H3,(H2,14,15). The number of aromatic nitrogens is 3. The fourth-order valence-corrected chi connectivity index (χ4v) is 1.91. The molecule has 0 unspecified atom stereocenters. The summed E-state index contributed by atoms with van der Waals surface area (Å²) in [6, 6.07) is 2.23. The molecule has 0 bridgehead atoms. The van der Waals surface area contributed by atoms with E-state index in [4.69, 9.17) is 10.5 Å². The summed E-state index contributed by atoms with van der Waals surface area (Å²) in [4.78, 5) is 4.19. The van der Waals surface area contributed by atoms with Gasteiger partial charge in [0, 0.05) is 17.8 Å². The van der Waals surface area contributed by atoms with Crippen LogP contribution < -0.4 is 10.5 Å². The molecule has 2 heterocycles. The van der Waals surface area contributed by atoms with Crippen molar-refractivity contribution in [3.63, 3.8) is 0 Å². The fraction of sp³-hybridized carbons (Fsp3) is 0.385. The van der Waals surface area contributed by atoms with E-state index in [1.165, 1.54) is 0 Å². The largest absolute Gasteiger partial charge is 0.493 e. The molecule has 0 radical (unpaired) electrons. The number of hydrogen-bond donors (Lipinski definition) is 1. The van der Waals surface area contributed by atoms with Crippen LogP contribution in [0.5, 0.6) is 5.75 Å². The number of aryl methyl sites for hydroxylation is 1. The minimum Gasteiger partial charge on any atom is -0.493 e. The molecule has 2 aromatic heterocycles. The smallest absolute Gasteiger partial charge is 0.164 e. The van der Waals surface area contributed by atoms with E-state index in [0.29, 0.717) is 11.6 Å². The number of anilines is 1. The van der Waals surface area contributed by atoms with Crippen LogP contribution in [-0.2, 0) is 0 Å². The molecular weight excluding hydrogens is 228 g/mol. The Morgan fingerprint density at radius 2 is 2.06 bits per heavy atom. The van der Waals surface area contributed by atoms with E-state index in [0.717, 1.165) is 16.8 Å². The summed E-state index contributed by atoms with van der Waals surface area (Å²) in [7, 11) is 1.63. The quantitative estimate of drug-likeness (QED) is 0.903. The van der Waals surface area contributed by atoms with Gasteiger partial charge in [0.1, 0.15) is 11.5 Å². The molecule has 96 valence electrons. The number of nitrogens with zero attached hydrogens (tertiary/aromatic N) is 3. The van der Waals surface area contributed by atoms with Gasteiger partial charge in [-0.1, -0.05) is 0 Å². The van der Waals surface area contributed by atoms with Crippen molar-refractivity contribution in [2.75, 3.05) is 12.8 Å². The monoisotopic (exact) mass is 246 g/mol. The van der Waals surface area contributed by atoms with Crippen LogP contribution in [-0.4, -0.2) is 21.9 Å². The Bertz CT molecular complexity index is 560. The van der Waals surface area contributed by atoms with Crippen molar-refractivity contribution in [1.29, 1.82) is 0 Å². The molecule has 5 nitrogen and oxygen atoms in total. The molecule has 0 aliphatic rings. The summed E-state index contributed by atoms with van der Waals surface area (Å²) in [6.07, 6.45) is 3.46. The van der Waals surface area contributed by atoms with Crippen LogP contribution in [0, 0.1) is 6.92 Å². The fourth-order valence-electron chi connectivity index (χ4n) is 1.91. The second-order valence-electron chi connectivity index (χ2n) is 4.55. The maximum Gasteiger partial charge on any atom is 0.164 e. The zero-order chi connectivity index (χ0) is 13.3. The third kappa shape index (κ3) is 2.03. The van der Waals surface area contributed by atoms with E-state index in [-0.39, 0.29) is 6.04 Å². The first kappa shape index (κ1) is 12.4. The molecule has 0 aliphatic carbocycles. The van der Waals surface area contributed by atoms with Crippen LogP contribution in [0.1, 0.15) is 25.5 Å². The molecule has 2 N–H and O–H groups in total. The lowest BCUT2D eigenvalue weighted by Gasteiger charge is -2.13. The summed E-state index contributed by atoms with van der Waals surface area (Å²) in [5.74, 6) is 1.20. The van der Waals surface area contributed by atoms with Crippen molar-refractivity contribution in [3.05, 3.63) is 24.0 Å². The first-order chi connectivity index (χ1) is 8.54. The van der Waals surface area contributed by atoms with Gasteiger partial charge in [0.15, 0.2) is 5.75 Å². The van der Waals surface area contributed by atoms with Crippen molar-refractivity contribution in [1.82, 2.24) is 14.8 Å². The maximum atomic E-state index is 5.97. The van der Waals surface area contributed by atoms with Gasteiger partial charge in [-0.05, 0) is 32.4 Å². The van der Waals surface area contributed by atoms with Gasteiger partial charge < -0.3 is 10.5 Å². The molecule has 0 amide bonds. The Hall–Kier alpha value is -2.04. The Labute approximate surface area is 107 Å². The van der Waals surface area contributed by atoms with Crippen LogP contribution in [0.2, 0.25) is 0 Å². The van der Waals surface area contributed by atoms with Crippen molar-refractivity contribution in [2.24, 2.45) is 0 Å². The minimum absolute atomic E-state index is 0.226. The van der Waals surface area contributed by atoms with Gasteiger partial charge in [0.05, 0.1) is 13.3 Å². The highest BCUT2D eigenvalue weighted by Crippen LogP contribution is 2.34. The molecule has 18 heavy (non-hydrogen) atoms. The Kier molecular flexibility index (Phi) is 3.23. The van der Waals surface area contributed by atoms with Gasteiger partial charge in [-0.25, -0.2) is 4.98 Å². The van der Waals surface area contributed by atoms with Crippen LogP contribution >= 0.6 is 0 Å². The molecule has 2 rings (SSSR count). The van der Waals surface area contributed by atoms with Crippen LogP contribution in [0.15, 0.2) is 18.5 Å². The van der Waals surface area contributed by atoms with Gasteiger partial charge in [0.2, 0.25) is 0 Å². The van der Waals surface area contributed by atoms with Gasteiger partial charge in [-0.3, -0.25) is 4.68 Å². The molecule has 5 heteroatoms. The van der Waals surface area contributed by atoms with Gasteiger partial charge in [0.25, 0.3) is 0 Å². The topological polar surface area (TPSA) is 66.0 Å². The van der Waals surface area contributed by atoms with E-state index in [1.54, 1.807) is 19.5 Å². The Morgan fingerprint density at radius 3 is 2.67 bits per heavy atom. The number of ether oxygens (including phenoxy) is 1. The predicted octanol–water partition coefficient (Wildman–Crippen LogP) is 2.43. The molecule has 0 fully saturated rings. The van der Waals surface area contributed by atoms with Crippen molar-refractivity contribution in [2.45, 2.75) is 26.8 Å². The molecular formula is C13H18N4O. The Balaban J connectivity index is 2.68. The van der Waals surface area contributed by atoms with Crippen molar-refractivity contribution < 1.29 is 4.74 Å². The molecule has 0 spiro atoms. The molecule has 0 aliphatic heterocycles. The number of methoxy groups -OCH3 is 1. The van der Waals surface area contributed by atoms with Crippen LogP contribution in [0.3, 0.4) is 0 Å². The zero-order valence-corrected chi connectivity index (χ0v) is 11.1. The summed E-state index contributed by atoms with van der Waals surface area (Å²) in [5.41, 5.74) is 8.75. The zero-order valence-electron chi connectivity index (χ0n) is 11.1. The molecule has 0 saturated heterocycles. The summed E-state index contributed by atoms with van der Waals surface area (Å²) in [5, 5.41) is 4.34. The SMILES string of the molecule is COc1cnn(C(C)C)c1-c1cc(C)cnc1N. The first-order valence-corrected chi connectivity index (χ1v) is 5.88. The number of hydrogen-bond acceptors (Lipinski definition) is 4. The van der Waals surface area contributed by atoms with E-state index in [1.807, 2.05) is 17.7 Å². The molecule has 0 aromatic carbocycles. The van der Waals surface area contributed by atoms with Crippen LogP contribution in [0.4, 0.5) is 5.82 Å². The maximum absolute atomic E-state index is 5.97. The predicted molar refractivity (Wildman–Crippen MR) is 71.5 cm³/mol. The molecule has 0 atom stereocenters. The number of rotatable bonds is 3. The van der Waals surface area contributed by atoms with E-state index < -0.39 is 0 Å². The van der Waals surface area contributed by atoms with Crippen LogP contribution in [0.25, 0.3) is 11.3 Å². The van der Waals surface area contributed by atoms with Gasteiger partial charge in [-0.2, -0.15) is 5.10 Å². The highest BCUT2D eigenvalue weighted by molar-refractivity contribution is 5.76. The summed E-state index contributed by atoms with van der Waals surface area (Å²) < 4.78 is 7.25. The van der Waals surface area contributed by atoms with Gasteiger partial charge in [-0.15, -0.1) is 0 Å². The highest BCUT2D eigenvalue weighted by Gasteiger charge is 2.18. The molecule has 2 aromatic rings. The second-order valence-corrected chi connectivity index (χ2v) is 4.55. The number of nitrogens with two attached hydrogens (primary N) is 1. The third-order valence-corrected chi connectivity index (χ3v) is 2.78.